The number of hydrogen-bond acceptors (Lipinski definition) is 2. The Morgan fingerprint density at radius 3 is 2.40 bits per heavy atom. The molecule has 0 aliphatic carbocycles. The number of ether oxygens (including phenoxy) is 1. The molecular formula is C17H21NO2. The molecule has 0 aliphatic heterocycles. The van der Waals surface area contributed by atoms with Gasteiger partial charge in [0, 0.05) is 17.3 Å². The summed E-state index contributed by atoms with van der Waals surface area (Å²) in [5.41, 5.74) is 3.67. The maximum Gasteiger partial charge on any atom is 0.255 e. The Balaban J connectivity index is 2.73. The molecule has 0 spiro atoms. The zero-order chi connectivity index (χ0) is 14.9. The number of H-pyrrole nitrogens is 1. The van der Waals surface area contributed by atoms with Crippen LogP contribution in [0.3, 0.4) is 0 Å². The van der Waals surface area contributed by atoms with E-state index < -0.39 is 0 Å². The Morgan fingerprint density at radius 1 is 1.15 bits per heavy atom. The predicted octanol–water partition coefficient (Wildman–Crippen LogP) is 3.66. The molecule has 1 heterocycles. The zero-order valence-corrected chi connectivity index (χ0v) is 12.7. The number of aromatic nitrogens is 1. The second-order valence-corrected chi connectivity index (χ2v) is 6.03. The van der Waals surface area contributed by atoms with Crippen LogP contribution in [-0.2, 0) is 5.41 Å². The Morgan fingerprint density at radius 2 is 1.85 bits per heavy atom. The van der Waals surface area contributed by atoms with Crippen LogP contribution in [0.1, 0.15) is 31.9 Å². The van der Waals surface area contributed by atoms with Gasteiger partial charge in [-0.2, -0.15) is 0 Å². The summed E-state index contributed by atoms with van der Waals surface area (Å²) in [6, 6.07) is 7.76. The molecule has 2 rings (SSSR count). The van der Waals surface area contributed by atoms with Crippen molar-refractivity contribution in [1.29, 1.82) is 0 Å². The van der Waals surface area contributed by atoms with Crippen molar-refractivity contribution in [1.82, 2.24) is 4.98 Å². The van der Waals surface area contributed by atoms with Gasteiger partial charge in [0.15, 0.2) is 0 Å². The van der Waals surface area contributed by atoms with Crippen molar-refractivity contribution in [3.63, 3.8) is 0 Å². The predicted molar refractivity (Wildman–Crippen MR) is 82.5 cm³/mol. The van der Waals surface area contributed by atoms with Crippen LogP contribution in [0.15, 0.2) is 35.3 Å². The van der Waals surface area contributed by atoms with Gasteiger partial charge >= 0.3 is 0 Å². The van der Waals surface area contributed by atoms with Crippen molar-refractivity contribution in [2.24, 2.45) is 0 Å². The second kappa shape index (κ2) is 5.16. The van der Waals surface area contributed by atoms with Crippen molar-refractivity contribution in [3.05, 3.63) is 51.9 Å². The lowest BCUT2D eigenvalue weighted by Gasteiger charge is -2.24. The largest absolute Gasteiger partial charge is 0.496 e. The van der Waals surface area contributed by atoms with E-state index in [-0.39, 0.29) is 11.0 Å². The molecular weight excluding hydrogens is 250 g/mol. The Bertz CT molecular complexity index is 678. The molecule has 0 saturated heterocycles. The first kappa shape index (κ1) is 14.4. The highest BCUT2D eigenvalue weighted by atomic mass is 16.5. The fourth-order valence-corrected chi connectivity index (χ4v) is 2.36. The lowest BCUT2D eigenvalue weighted by Crippen LogP contribution is -2.14. The van der Waals surface area contributed by atoms with Gasteiger partial charge in [0.2, 0.25) is 0 Å². The van der Waals surface area contributed by atoms with Crippen molar-refractivity contribution in [2.75, 3.05) is 7.11 Å². The van der Waals surface area contributed by atoms with E-state index in [0.717, 1.165) is 22.4 Å². The summed E-state index contributed by atoms with van der Waals surface area (Å²) in [5, 5.41) is 0. The molecule has 0 bridgehead atoms. The maximum absolute atomic E-state index is 12.0. The molecule has 1 N–H and O–H groups in total. The van der Waals surface area contributed by atoms with E-state index in [4.69, 9.17) is 4.74 Å². The Labute approximate surface area is 119 Å². The Hall–Kier alpha value is -2.03. The fraction of sp³-hybridized carbons (Fsp3) is 0.353. The number of hydrogen-bond donors (Lipinski definition) is 1. The standard InChI is InChI=1S/C17H21NO2/c1-11-9-15(20-5)14(17(2,3)4)10-13(11)12-7-6-8-18-16(12)19/h6-10H,1-5H3,(H,18,19). The van der Waals surface area contributed by atoms with Crippen LogP contribution in [0.25, 0.3) is 11.1 Å². The first-order chi connectivity index (χ1) is 9.34. The van der Waals surface area contributed by atoms with E-state index in [9.17, 15) is 4.79 Å². The van der Waals surface area contributed by atoms with E-state index in [1.165, 1.54) is 0 Å². The SMILES string of the molecule is COc1cc(C)c(-c2ccc[nH]c2=O)cc1C(C)(C)C. The van der Waals surface area contributed by atoms with Crippen LogP contribution in [-0.4, -0.2) is 12.1 Å². The first-order valence-corrected chi connectivity index (χ1v) is 6.72. The molecule has 1 aromatic heterocycles. The average molecular weight is 271 g/mol. The molecule has 20 heavy (non-hydrogen) atoms. The highest BCUT2D eigenvalue weighted by molar-refractivity contribution is 5.69. The lowest BCUT2D eigenvalue weighted by atomic mass is 9.83. The number of rotatable bonds is 2. The van der Waals surface area contributed by atoms with Crippen LogP contribution >= 0.6 is 0 Å². The monoisotopic (exact) mass is 271 g/mol. The summed E-state index contributed by atoms with van der Waals surface area (Å²) >= 11 is 0. The smallest absolute Gasteiger partial charge is 0.255 e. The van der Waals surface area contributed by atoms with Gasteiger partial charge in [-0.05, 0) is 47.7 Å². The summed E-state index contributed by atoms with van der Waals surface area (Å²) < 4.78 is 5.49. The van der Waals surface area contributed by atoms with Gasteiger partial charge in [-0.15, -0.1) is 0 Å². The number of pyridine rings is 1. The Kier molecular flexibility index (Phi) is 3.71. The van der Waals surface area contributed by atoms with Crippen LogP contribution in [0.5, 0.6) is 5.75 Å². The fourth-order valence-electron chi connectivity index (χ4n) is 2.36. The number of aryl methyl sites for hydroxylation is 1. The minimum Gasteiger partial charge on any atom is -0.496 e. The van der Waals surface area contributed by atoms with Gasteiger partial charge in [0.05, 0.1) is 7.11 Å². The van der Waals surface area contributed by atoms with Crippen molar-refractivity contribution >= 4 is 0 Å². The minimum absolute atomic E-state index is 0.0463. The van der Waals surface area contributed by atoms with Gasteiger partial charge in [0.25, 0.3) is 5.56 Å². The van der Waals surface area contributed by atoms with E-state index in [1.807, 2.05) is 25.1 Å². The molecule has 106 valence electrons. The molecule has 3 heteroatoms. The van der Waals surface area contributed by atoms with Gasteiger partial charge in [-0.25, -0.2) is 0 Å². The third-order valence-corrected chi connectivity index (χ3v) is 3.46. The van der Waals surface area contributed by atoms with Crippen LogP contribution < -0.4 is 10.3 Å². The maximum atomic E-state index is 12.0. The van der Waals surface area contributed by atoms with E-state index in [1.54, 1.807) is 13.3 Å². The molecule has 0 radical (unpaired) electrons. The zero-order valence-electron chi connectivity index (χ0n) is 12.7. The van der Waals surface area contributed by atoms with Crippen LogP contribution in [0.2, 0.25) is 0 Å². The highest BCUT2D eigenvalue weighted by Gasteiger charge is 2.21. The van der Waals surface area contributed by atoms with Crippen molar-refractivity contribution < 1.29 is 4.74 Å². The molecule has 1 aromatic carbocycles. The molecule has 0 saturated carbocycles. The molecule has 0 atom stereocenters. The molecule has 2 aromatic rings. The van der Waals surface area contributed by atoms with Crippen LogP contribution in [0, 0.1) is 6.92 Å². The molecule has 0 aliphatic rings. The quantitative estimate of drug-likeness (QED) is 0.905. The molecule has 3 nitrogen and oxygen atoms in total. The highest BCUT2D eigenvalue weighted by Crippen LogP contribution is 2.36. The van der Waals surface area contributed by atoms with Gasteiger partial charge < -0.3 is 9.72 Å². The van der Waals surface area contributed by atoms with Crippen LogP contribution in [0.4, 0.5) is 0 Å². The first-order valence-electron chi connectivity index (χ1n) is 6.72. The minimum atomic E-state index is -0.0689. The lowest BCUT2D eigenvalue weighted by molar-refractivity contribution is 0.397. The van der Waals surface area contributed by atoms with E-state index in [0.29, 0.717) is 5.56 Å². The summed E-state index contributed by atoms with van der Waals surface area (Å²) in [6.07, 6.45) is 1.65. The van der Waals surface area contributed by atoms with Gasteiger partial charge in [-0.3, -0.25) is 4.79 Å². The van der Waals surface area contributed by atoms with E-state index >= 15 is 0 Å². The number of benzene rings is 1. The van der Waals surface area contributed by atoms with E-state index in [2.05, 4.69) is 31.8 Å². The second-order valence-electron chi connectivity index (χ2n) is 6.03. The number of nitrogens with one attached hydrogen (secondary N) is 1. The summed E-state index contributed by atoms with van der Waals surface area (Å²) in [6.45, 7) is 8.41. The topological polar surface area (TPSA) is 42.1 Å². The summed E-state index contributed by atoms with van der Waals surface area (Å²) in [7, 11) is 1.68. The average Bonchev–Trinajstić information content (AvgIpc) is 2.38. The molecule has 0 unspecified atom stereocenters. The summed E-state index contributed by atoms with van der Waals surface area (Å²) in [5.74, 6) is 0.867. The molecule has 0 amide bonds. The van der Waals surface area contributed by atoms with Crippen molar-refractivity contribution in [2.45, 2.75) is 33.1 Å². The summed E-state index contributed by atoms with van der Waals surface area (Å²) in [4.78, 5) is 14.7. The third-order valence-electron chi connectivity index (χ3n) is 3.46. The normalized spacial score (nSPS) is 11.4. The van der Waals surface area contributed by atoms with Gasteiger partial charge in [0.1, 0.15) is 5.75 Å². The van der Waals surface area contributed by atoms with Crippen molar-refractivity contribution in [3.8, 4) is 16.9 Å². The van der Waals surface area contributed by atoms with Gasteiger partial charge in [-0.1, -0.05) is 20.8 Å². The number of methoxy groups -OCH3 is 1. The third kappa shape index (κ3) is 2.62. The molecule has 0 fully saturated rings. The number of aromatic amines is 1.